The van der Waals surface area contributed by atoms with Gasteiger partial charge in [-0.15, -0.1) is 0 Å². The summed E-state index contributed by atoms with van der Waals surface area (Å²) in [4.78, 5) is 6.24. The lowest BCUT2D eigenvalue weighted by Crippen LogP contribution is -2.18. The number of nitrogens with two attached hydrogens (primary N) is 1. The zero-order valence-electron chi connectivity index (χ0n) is 11.9. The van der Waals surface area contributed by atoms with Crippen LogP contribution in [-0.4, -0.2) is 17.9 Å². The molecule has 0 aliphatic rings. The molecule has 0 saturated heterocycles. The van der Waals surface area contributed by atoms with Gasteiger partial charge in [-0.2, -0.15) is 0 Å². The van der Waals surface area contributed by atoms with Gasteiger partial charge in [0.1, 0.15) is 11.5 Å². The maximum absolute atomic E-state index is 7.43. The summed E-state index contributed by atoms with van der Waals surface area (Å²) in [6.07, 6.45) is 2.75. The summed E-state index contributed by atoms with van der Waals surface area (Å²) in [7, 11) is 2.05. The summed E-state index contributed by atoms with van der Waals surface area (Å²) in [5, 5.41) is 7.43. The first-order chi connectivity index (χ1) is 9.60. The molecule has 0 aliphatic carbocycles. The first-order valence-electron chi connectivity index (χ1n) is 6.69. The smallest absolute Gasteiger partial charge is 0.141 e. The van der Waals surface area contributed by atoms with Crippen LogP contribution in [0.15, 0.2) is 42.6 Å². The van der Waals surface area contributed by atoms with E-state index in [0.29, 0.717) is 5.69 Å². The van der Waals surface area contributed by atoms with Gasteiger partial charge in [0.2, 0.25) is 0 Å². The third-order valence-corrected chi connectivity index (χ3v) is 3.31. The molecule has 2 aromatic rings. The summed E-state index contributed by atoms with van der Waals surface area (Å²) in [5.41, 5.74) is 9.59. The quantitative estimate of drug-likeness (QED) is 0.647. The summed E-state index contributed by atoms with van der Waals surface area (Å²) in [5.74, 6) is 0.00167. The average molecular weight is 268 g/mol. The summed E-state index contributed by atoms with van der Waals surface area (Å²) in [6.45, 7) is 2.91. The number of anilines is 1. The van der Waals surface area contributed by atoms with E-state index in [4.69, 9.17) is 11.1 Å². The Hall–Kier alpha value is -2.36. The topological polar surface area (TPSA) is 66.0 Å². The Bertz CT molecular complexity index is 590. The molecular weight excluding hydrogens is 248 g/mol. The highest BCUT2D eigenvalue weighted by molar-refractivity contribution is 5.93. The number of aryl methyl sites for hydroxylation is 1. The number of nitrogens with zero attached hydrogens (tertiary/aromatic N) is 2. The number of pyridine rings is 1. The molecule has 0 amide bonds. The van der Waals surface area contributed by atoms with Crippen molar-refractivity contribution in [1.82, 2.24) is 4.98 Å². The minimum absolute atomic E-state index is 0.00167. The Kier molecular flexibility index (Phi) is 4.35. The van der Waals surface area contributed by atoms with Crippen LogP contribution in [0.25, 0.3) is 0 Å². The molecule has 1 aromatic carbocycles. The van der Waals surface area contributed by atoms with Crippen LogP contribution in [0.4, 0.5) is 5.69 Å². The molecule has 0 fully saturated rings. The molecule has 4 nitrogen and oxygen atoms in total. The van der Waals surface area contributed by atoms with Crippen molar-refractivity contribution in [1.29, 1.82) is 5.41 Å². The van der Waals surface area contributed by atoms with Crippen LogP contribution >= 0.6 is 0 Å². The molecule has 1 heterocycles. The largest absolute Gasteiger partial charge is 0.382 e. The Morgan fingerprint density at radius 2 is 1.90 bits per heavy atom. The number of hydrogen-bond acceptors (Lipinski definition) is 3. The number of benzene rings is 1. The third kappa shape index (κ3) is 3.35. The van der Waals surface area contributed by atoms with Crippen molar-refractivity contribution >= 4 is 11.5 Å². The molecule has 2 rings (SSSR count). The zero-order valence-corrected chi connectivity index (χ0v) is 11.9. The summed E-state index contributed by atoms with van der Waals surface area (Å²) in [6, 6.07) is 12.4. The third-order valence-electron chi connectivity index (χ3n) is 3.31. The molecule has 0 atom stereocenters. The standard InChI is InChI=1S/C16H20N4/c1-3-12-4-6-14(7-5-12)20(2)11-13-8-9-19-15(10-13)16(17)18/h4-10H,3,11H2,1-2H3,(H3,17,18). The van der Waals surface area contributed by atoms with Crippen molar-refractivity contribution < 1.29 is 0 Å². The van der Waals surface area contributed by atoms with Crippen LogP contribution in [0.2, 0.25) is 0 Å². The molecule has 0 radical (unpaired) electrons. The molecule has 1 aromatic heterocycles. The maximum atomic E-state index is 7.43. The Morgan fingerprint density at radius 1 is 1.20 bits per heavy atom. The van der Waals surface area contributed by atoms with Crippen LogP contribution in [0.5, 0.6) is 0 Å². The van der Waals surface area contributed by atoms with Gasteiger partial charge in [0, 0.05) is 25.5 Å². The van der Waals surface area contributed by atoms with E-state index in [1.54, 1.807) is 6.20 Å². The fourth-order valence-corrected chi connectivity index (χ4v) is 2.07. The zero-order chi connectivity index (χ0) is 14.5. The van der Waals surface area contributed by atoms with Gasteiger partial charge in [-0.05, 0) is 41.8 Å². The normalized spacial score (nSPS) is 10.3. The molecule has 4 heteroatoms. The van der Waals surface area contributed by atoms with Crippen LogP contribution in [0.1, 0.15) is 23.7 Å². The van der Waals surface area contributed by atoms with E-state index >= 15 is 0 Å². The maximum Gasteiger partial charge on any atom is 0.141 e. The first kappa shape index (κ1) is 14.1. The second-order valence-electron chi connectivity index (χ2n) is 4.84. The Balaban J connectivity index is 2.12. The highest BCUT2D eigenvalue weighted by Crippen LogP contribution is 2.16. The molecule has 0 spiro atoms. The minimum Gasteiger partial charge on any atom is -0.382 e. The van der Waals surface area contributed by atoms with Gasteiger partial charge in [0.25, 0.3) is 0 Å². The summed E-state index contributed by atoms with van der Waals surface area (Å²) >= 11 is 0. The first-order valence-corrected chi connectivity index (χ1v) is 6.69. The van der Waals surface area contributed by atoms with E-state index in [9.17, 15) is 0 Å². The molecule has 0 unspecified atom stereocenters. The Morgan fingerprint density at radius 3 is 2.50 bits per heavy atom. The lowest BCUT2D eigenvalue weighted by atomic mass is 10.1. The molecule has 20 heavy (non-hydrogen) atoms. The van der Waals surface area contributed by atoms with E-state index in [1.165, 1.54) is 11.3 Å². The fraction of sp³-hybridized carbons (Fsp3) is 0.250. The van der Waals surface area contributed by atoms with Gasteiger partial charge in [-0.1, -0.05) is 19.1 Å². The molecule has 0 saturated carbocycles. The van der Waals surface area contributed by atoms with Gasteiger partial charge in [0.15, 0.2) is 0 Å². The number of rotatable bonds is 5. The van der Waals surface area contributed by atoms with Crippen molar-refractivity contribution in [3.63, 3.8) is 0 Å². The van der Waals surface area contributed by atoms with Crippen molar-refractivity contribution in [2.75, 3.05) is 11.9 Å². The van der Waals surface area contributed by atoms with Crippen molar-refractivity contribution in [3.05, 3.63) is 59.4 Å². The fourth-order valence-electron chi connectivity index (χ4n) is 2.07. The van der Waals surface area contributed by atoms with E-state index in [0.717, 1.165) is 18.5 Å². The van der Waals surface area contributed by atoms with Crippen LogP contribution in [-0.2, 0) is 13.0 Å². The molecule has 0 aliphatic heterocycles. The second kappa shape index (κ2) is 6.19. The number of amidine groups is 1. The van der Waals surface area contributed by atoms with Crippen molar-refractivity contribution in [2.24, 2.45) is 5.73 Å². The van der Waals surface area contributed by atoms with E-state index in [-0.39, 0.29) is 5.84 Å². The number of nitrogen functional groups attached to an aromatic ring is 1. The van der Waals surface area contributed by atoms with Gasteiger partial charge in [0.05, 0.1) is 0 Å². The Labute approximate surface area is 119 Å². The molecule has 3 N–H and O–H groups in total. The second-order valence-corrected chi connectivity index (χ2v) is 4.84. The monoisotopic (exact) mass is 268 g/mol. The SMILES string of the molecule is CCc1ccc(N(C)Cc2ccnc(C(=N)N)c2)cc1. The van der Waals surface area contributed by atoms with Gasteiger partial charge in [-0.25, -0.2) is 0 Å². The van der Waals surface area contributed by atoms with Crippen LogP contribution in [0, 0.1) is 5.41 Å². The van der Waals surface area contributed by atoms with Crippen molar-refractivity contribution in [2.45, 2.75) is 19.9 Å². The van der Waals surface area contributed by atoms with Gasteiger partial charge in [-0.3, -0.25) is 10.4 Å². The summed E-state index contributed by atoms with van der Waals surface area (Å²) < 4.78 is 0. The minimum atomic E-state index is 0.00167. The highest BCUT2D eigenvalue weighted by atomic mass is 15.1. The average Bonchev–Trinajstić information content (AvgIpc) is 2.47. The molecular formula is C16H20N4. The lowest BCUT2D eigenvalue weighted by molar-refractivity contribution is 0.917. The predicted molar refractivity (Wildman–Crippen MR) is 83.2 cm³/mol. The number of hydrogen-bond donors (Lipinski definition) is 2. The lowest BCUT2D eigenvalue weighted by Gasteiger charge is -2.20. The van der Waals surface area contributed by atoms with Gasteiger partial charge >= 0.3 is 0 Å². The van der Waals surface area contributed by atoms with E-state index in [1.807, 2.05) is 12.1 Å². The van der Waals surface area contributed by atoms with Gasteiger partial charge < -0.3 is 10.6 Å². The van der Waals surface area contributed by atoms with Crippen molar-refractivity contribution in [3.8, 4) is 0 Å². The predicted octanol–water partition coefficient (Wildman–Crippen LogP) is 2.56. The highest BCUT2D eigenvalue weighted by Gasteiger charge is 2.05. The molecule has 104 valence electrons. The van der Waals surface area contributed by atoms with E-state index in [2.05, 4.69) is 48.1 Å². The van der Waals surface area contributed by atoms with E-state index < -0.39 is 0 Å². The number of nitrogens with one attached hydrogen (secondary N) is 1. The van der Waals surface area contributed by atoms with Crippen LogP contribution < -0.4 is 10.6 Å². The molecule has 0 bridgehead atoms. The number of aromatic nitrogens is 1. The van der Waals surface area contributed by atoms with Crippen LogP contribution in [0.3, 0.4) is 0 Å².